The third kappa shape index (κ3) is 5.04. The first-order valence-electron chi connectivity index (χ1n) is 14.4. The second-order valence-corrected chi connectivity index (χ2v) is 10.6. The first-order chi connectivity index (χ1) is 21.4. The van der Waals surface area contributed by atoms with Crippen LogP contribution in [0.1, 0.15) is 38.7 Å². The summed E-state index contributed by atoms with van der Waals surface area (Å²) >= 11 is 0. The standard InChI is InChI=1S/C36H33N3O5/c1-39-29-14-8-5-11-26(29)34(40)32(36(39)42)31(22-16-18-23(43-2)19-17-22)33-25(24-10-4-7-13-28(24)38-33)20-21-37-35(41)27-12-6-9-15-30(27)44-3/h4-19,31,38,40H,20-21H2,1-3H3,(H,37,41). The van der Waals surface area contributed by atoms with E-state index in [0.29, 0.717) is 40.9 Å². The predicted molar refractivity (Wildman–Crippen MR) is 172 cm³/mol. The van der Waals surface area contributed by atoms with Crippen LogP contribution in [0.2, 0.25) is 0 Å². The second kappa shape index (κ2) is 12.0. The van der Waals surface area contributed by atoms with Gasteiger partial charge in [0.05, 0.1) is 36.8 Å². The van der Waals surface area contributed by atoms with Crippen LogP contribution >= 0.6 is 0 Å². The summed E-state index contributed by atoms with van der Waals surface area (Å²) in [6, 6.07) is 29.9. The predicted octanol–water partition coefficient (Wildman–Crippen LogP) is 5.90. The summed E-state index contributed by atoms with van der Waals surface area (Å²) in [5.74, 6) is 0.241. The second-order valence-electron chi connectivity index (χ2n) is 10.6. The van der Waals surface area contributed by atoms with Crippen molar-refractivity contribution in [3.05, 3.63) is 135 Å². The molecule has 2 aromatic heterocycles. The number of aromatic nitrogens is 2. The normalized spacial score (nSPS) is 11.9. The minimum absolute atomic E-state index is 0.0569. The molecule has 6 aromatic rings. The number of aryl methyl sites for hydroxylation is 1. The van der Waals surface area contributed by atoms with Crippen LogP contribution in [0.15, 0.2) is 102 Å². The average Bonchev–Trinajstić information content (AvgIpc) is 3.43. The summed E-state index contributed by atoms with van der Waals surface area (Å²) in [7, 11) is 4.86. The van der Waals surface area contributed by atoms with E-state index < -0.39 is 5.92 Å². The van der Waals surface area contributed by atoms with Crippen molar-refractivity contribution in [1.29, 1.82) is 0 Å². The lowest BCUT2D eigenvalue weighted by atomic mass is 9.85. The Bertz CT molecular complexity index is 2040. The number of amides is 1. The number of hydrogen-bond acceptors (Lipinski definition) is 5. The molecular formula is C36H33N3O5. The van der Waals surface area contributed by atoms with E-state index in [2.05, 4.69) is 10.3 Å². The van der Waals surface area contributed by atoms with E-state index in [1.807, 2.05) is 78.9 Å². The first-order valence-corrected chi connectivity index (χ1v) is 14.4. The number of hydrogen-bond donors (Lipinski definition) is 3. The molecular weight excluding hydrogens is 554 g/mol. The Kier molecular flexibility index (Phi) is 7.81. The zero-order valence-corrected chi connectivity index (χ0v) is 24.8. The largest absolute Gasteiger partial charge is 0.507 e. The zero-order valence-electron chi connectivity index (χ0n) is 24.8. The fraction of sp³-hybridized carbons (Fsp3) is 0.167. The van der Waals surface area contributed by atoms with E-state index in [4.69, 9.17) is 9.47 Å². The van der Waals surface area contributed by atoms with Crippen molar-refractivity contribution >= 4 is 27.7 Å². The molecule has 0 saturated carbocycles. The van der Waals surface area contributed by atoms with Crippen LogP contribution in [-0.4, -0.2) is 41.3 Å². The highest BCUT2D eigenvalue weighted by molar-refractivity contribution is 5.97. The Balaban J connectivity index is 1.50. The van der Waals surface area contributed by atoms with Crippen molar-refractivity contribution < 1.29 is 19.4 Å². The van der Waals surface area contributed by atoms with Crippen LogP contribution in [-0.2, 0) is 13.5 Å². The molecule has 0 saturated heterocycles. The maximum absolute atomic E-state index is 14.1. The lowest BCUT2D eigenvalue weighted by Crippen LogP contribution is -2.27. The Hall–Kier alpha value is -5.50. The fourth-order valence-corrected chi connectivity index (χ4v) is 6.00. The number of carbonyl (C=O) groups is 1. The molecule has 2 heterocycles. The lowest BCUT2D eigenvalue weighted by molar-refractivity contribution is 0.0951. The van der Waals surface area contributed by atoms with Gasteiger partial charge in [0.1, 0.15) is 17.2 Å². The molecule has 3 N–H and O–H groups in total. The summed E-state index contributed by atoms with van der Waals surface area (Å²) < 4.78 is 12.4. The smallest absolute Gasteiger partial charge is 0.258 e. The van der Waals surface area contributed by atoms with Gasteiger partial charge >= 0.3 is 0 Å². The zero-order chi connectivity index (χ0) is 30.8. The van der Waals surface area contributed by atoms with Gasteiger partial charge in [-0.15, -0.1) is 0 Å². The van der Waals surface area contributed by atoms with E-state index in [0.717, 1.165) is 27.7 Å². The van der Waals surface area contributed by atoms with Crippen LogP contribution in [0, 0.1) is 0 Å². The van der Waals surface area contributed by atoms with Gasteiger partial charge in [0.25, 0.3) is 11.5 Å². The Morgan fingerprint density at radius 2 is 1.57 bits per heavy atom. The fourth-order valence-electron chi connectivity index (χ4n) is 6.00. The van der Waals surface area contributed by atoms with Gasteiger partial charge in [-0.05, 0) is 60.0 Å². The topological polar surface area (TPSA) is 106 Å². The highest BCUT2D eigenvalue weighted by Crippen LogP contribution is 2.41. The van der Waals surface area contributed by atoms with Crippen LogP contribution in [0.4, 0.5) is 0 Å². The third-order valence-corrected chi connectivity index (χ3v) is 8.20. The number of carbonyl (C=O) groups excluding carboxylic acids is 1. The number of methoxy groups -OCH3 is 2. The van der Waals surface area contributed by atoms with Gasteiger partial charge in [-0.2, -0.15) is 0 Å². The molecule has 0 fully saturated rings. The Labute approximate surface area is 254 Å². The number of aromatic amines is 1. The quantitative estimate of drug-likeness (QED) is 0.196. The van der Waals surface area contributed by atoms with Crippen LogP contribution in [0.3, 0.4) is 0 Å². The average molecular weight is 588 g/mol. The monoisotopic (exact) mass is 587 g/mol. The third-order valence-electron chi connectivity index (χ3n) is 8.20. The molecule has 6 rings (SSSR count). The number of nitrogens with one attached hydrogen (secondary N) is 2. The number of fused-ring (bicyclic) bond motifs is 2. The molecule has 1 atom stereocenters. The maximum atomic E-state index is 14.1. The number of ether oxygens (including phenoxy) is 2. The van der Waals surface area contributed by atoms with E-state index in [1.165, 1.54) is 7.11 Å². The van der Waals surface area contributed by atoms with Crippen LogP contribution in [0.25, 0.3) is 21.8 Å². The van der Waals surface area contributed by atoms with Gasteiger partial charge in [0, 0.05) is 35.6 Å². The highest BCUT2D eigenvalue weighted by atomic mass is 16.5. The molecule has 0 aliphatic rings. The highest BCUT2D eigenvalue weighted by Gasteiger charge is 2.30. The molecule has 0 bridgehead atoms. The number of aromatic hydroxyl groups is 1. The molecule has 0 aliphatic heterocycles. The van der Waals surface area contributed by atoms with E-state index >= 15 is 0 Å². The van der Waals surface area contributed by atoms with E-state index in [-0.39, 0.29) is 22.8 Å². The maximum Gasteiger partial charge on any atom is 0.258 e. The first kappa shape index (κ1) is 28.6. The minimum Gasteiger partial charge on any atom is -0.507 e. The van der Waals surface area contributed by atoms with Crippen molar-refractivity contribution in [2.45, 2.75) is 12.3 Å². The number of rotatable bonds is 9. The summed E-state index contributed by atoms with van der Waals surface area (Å²) in [5, 5.41) is 16.3. The van der Waals surface area contributed by atoms with Gasteiger partial charge in [0.2, 0.25) is 0 Å². The summed E-state index contributed by atoms with van der Waals surface area (Å²) in [6.45, 7) is 0.336. The Morgan fingerprint density at radius 1 is 0.886 bits per heavy atom. The minimum atomic E-state index is -0.642. The van der Waals surface area contributed by atoms with Crippen LogP contribution in [0.5, 0.6) is 17.2 Å². The summed E-state index contributed by atoms with van der Waals surface area (Å²) in [4.78, 5) is 30.7. The van der Waals surface area contributed by atoms with Crippen molar-refractivity contribution in [2.75, 3.05) is 20.8 Å². The molecule has 44 heavy (non-hydrogen) atoms. The lowest BCUT2D eigenvalue weighted by Gasteiger charge is -2.22. The van der Waals surface area contributed by atoms with Gasteiger partial charge in [0.15, 0.2) is 0 Å². The molecule has 1 unspecified atom stereocenters. The Morgan fingerprint density at radius 3 is 2.32 bits per heavy atom. The van der Waals surface area contributed by atoms with Gasteiger partial charge in [-0.3, -0.25) is 9.59 Å². The van der Waals surface area contributed by atoms with Crippen molar-refractivity contribution in [1.82, 2.24) is 14.9 Å². The molecule has 8 heteroatoms. The number of H-pyrrole nitrogens is 1. The van der Waals surface area contributed by atoms with Gasteiger partial charge in [-0.1, -0.05) is 54.6 Å². The van der Waals surface area contributed by atoms with Crippen LogP contribution < -0.4 is 20.3 Å². The number of pyridine rings is 1. The molecule has 222 valence electrons. The van der Waals surface area contributed by atoms with Gasteiger partial charge in [-0.25, -0.2) is 0 Å². The molecule has 4 aromatic carbocycles. The molecule has 0 radical (unpaired) electrons. The number of benzene rings is 4. The summed E-state index contributed by atoms with van der Waals surface area (Å²) in [5.41, 5.74) is 4.47. The molecule has 0 spiro atoms. The number of para-hydroxylation sites is 3. The van der Waals surface area contributed by atoms with E-state index in [1.54, 1.807) is 36.9 Å². The number of nitrogens with zero attached hydrogens (tertiary/aromatic N) is 1. The van der Waals surface area contributed by atoms with Gasteiger partial charge < -0.3 is 29.4 Å². The molecule has 8 nitrogen and oxygen atoms in total. The van der Waals surface area contributed by atoms with E-state index in [9.17, 15) is 14.7 Å². The van der Waals surface area contributed by atoms with Crippen molar-refractivity contribution in [3.8, 4) is 17.2 Å². The summed E-state index contributed by atoms with van der Waals surface area (Å²) in [6.07, 6.45) is 0.474. The molecule has 0 aliphatic carbocycles. The molecule has 1 amide bonds. The SMILES string of the molecule is COc1ccc(C(c2[nH]c3ccccc3c2CCNC(=O)c2ccccc2OC)c2c(O)c3ccccc3n(C)c2=O)cc1. The van der Waals surface area contributed by atoms with Crippen molar-refractivity contribution in [3.63, 3.8) is 0 Å². The van der Waals surface area contributed by atoms with Crippen molar-refractivity contribution in [2.24, 2.45) is 7.05 Å².